The van der Waals surface area contributed by atoms with Crippen molar-refractivity contribution in [3.8, 4) is 0 Å². The molecule has 0 radical (unpaired) electrons. The Kier molecular flexibility index (Phi) is 4.88. The molecule has 0 spiro atoms. The first-order valence-electron chi connectivity index (χ1n) is 3.42. The van der Waals surface area contributed by atoms with Crippen molar-refractivity contribution in [2.24, 2.45) is 11.5 Å². The minimum atomic E-state index is -0.419. The van der Waals surface area contributed by atoms with Crippen molar-refractivity contribution in [3.63, 3.8) is 0 Å². The van der Waals surface area contributed by atoms with E-state index in [-0.39, 0.29) is 5.91 Å². The Balaban J connectivity index is 3.22. The van der Waals surface area contributed by atoms with Crippen LogP contribution in [0.2, 0.25) is 0 Å². The zero-order chi connectivity index (χ0) is 7.98. The molecule has 0 rings (SSSR count). The molecule has 1 amide bonds. The van der Waals surface area contributed by atoms with E-state index in [0.29, 0.717) is 13.1 Å². The summed E-state index contributed by atoms with van der Waals surface area (Å²) in [5, 5.41) is 2.64. The van der Waals surface area contributed by atoms with E-state index in [1.54, 1.807) is 6.92 Å². The molecule has 0 aromatic heterocycles. The third-order valence-electron chi connectivity index (χ3n) is 1.09. The van der Waals surface area contributed by atoms with E-state index in [1.807, 2.05) is 0 Å². The van der Waals surface area contributed by atoms with Crippen LogP contribution in [0, 0.1) is 0 Å². The Morgan fingerprint density at radius 2 is 2.30 bits per heavy atom. The lowest BCUT2D eigenvalue weighted by molar-refractivity contribution is -0.121. The monoisotopic (exact) mass is 145 g/mol. The molecule has 0 saturated heterocycles. The lowest BCUT2D eigenvalue weighted by atomic mass is 10.3. The van der Waals surface area contributed by atoms with E-state index in [0.717, 1.165) is 6.42 Å². The molecule has 0 unspecified atom stereocenters. The van der Waals surface area contributed by atoms with Gasteiger partial charge in [-0.25, -0.2) is 0 Å². The molecule has 0 aromatic carbocycles. The summed E-state index contributed by atoms with van der Waals surface area (Å²) in [6, 6.07) is -0.419. The Bertz CT molecular complexity index is 103. The first-order chi connectivity index (χ1) is 4.68. The summed E-state index contributed by atoms with van der Waals surface area (Å²) in [7, 11) is 0. The van der Waals surface area contributed by atoms with Gasteiger partial charge in [-0.1, -0.05) is 0 Å². The van der Waals surface area contributed by atoms with Crippen LogP contribution in [0.1, 0.15) is 13.3 Å². The highest BCUT2D eigenvalue weighted by atomic mass is 16.2. The lowest BCUT2D eigenvalue weighted by Gasteiger charge is -2.05. The molecule has 4 heteroatoms. The highest BCUT2D eigenvalue weighted by molar-refractivity contribution is 5.80. The zero-order valence-corrected chi connectivity index (χ0v) is 6.26. The van der Waals surface area contributed by atoms with Crippen molar-refractivity contribution in [1.29, 1.82) is 0 Å². The fraction of sp³-hybridized carbons (Fsp3) is 0.833. The van der Waals surface area contributed by atoms with Crippen LogP contribution in [-0.4, -0.2) is 25.0 Å². The van der Waals surface area contributed by atoms with Gasteiger partial charge in [0.1, 0.15) is 0 Å². The maximum atomic E-state index is 10.7. The summed E-state index contributed by atoms with van der Waals surface area (Å²) in [6.45, 7) is 2.87. The SMILES string of the molecule is C[C@H](N)C(=O)NCCCN. The molecule has 0 aliphatic carbocycles. The molecule has 0 heterocycles. The van der Waals surface area contributed by atoms with Crippen LogP contribution in [0.4, 0.5) is 0 Å². The predicted octanol–water partition coefficient (Wildman–Crippen LogP) is -1.20. The highest BCUT2D eigenvalue weighted by Gasteiger charge is 2.03. The first kappa shape index (κ1) is 9.39. The molecule has 0 aromatic rings. The smallest absolute Gasteiger partial charge is 0.236 e. The molecule has 0 fully saturated rings. The number of hydrogen-bond donors (Lipinski definition) is 3. The highest BCUT2D eigenvalue weighted by Crippen LogP contribution is 1.75. The van der Waals surface area contributed by atoms with E-state index < -0.39 is 6.04 Å². The number of nitrogens with two attached hydrogens (primary N) is 2. The predicted molar refractivity (Wildman–Crippen MR) is 40.3 cm³/mol. The Labute approximate surface area is 61.0 Å². The van der Waals surface area contributed by atoms with E-state index in [4.69, 9.17) is 11.5 Å². The van der Waals surface area contributed by atoms with Gasteiger partial charge in [0, 0.05) is 6.54 Å². The Morgan fingerprint density at radius 3 is 2.70 bits per heavy atom. The average Bonchev–Trinajstić information content (AvgIpc) is 1.88. The topological polar surface area (TPSA) is 81.1 Å². The summed E-state index contributed by atoms with van der Waals surface area (Å²) >= 11 is 0. The molecule has 0 saturated carbocycles. The zero-order valence-electron chi connectivity index (χ0n) is 6.26. The van der Waals surface area contributed by atoms with Crippen LogP contribution in [0.3, 0.4) is 0 Å². The van der Waals surface area contributed by atoms with Crippen molar-refractivity contribution in [2.75, 3.05) is 13.1 Å². The number of hydrogen-bond acceptors (Lipinski definition) is 3. The standard InChI is InChI=1S/C6H15N3O/c1-5(8)6(10)9-4-2-3-7/h5H,2-4,7-8H2,1H3,(H,9,10)/t5-/m0/s1. The van der Waals surface area contributed by atoms with Gasteiger partial charge < -0.3 is 16.8 Å². The second-order valence-corrected chi connectivity index (χ2v) is 2.22. The van der Waals surface area contributed by atoms with Crippen molar-refractivity contribution in [2.45, 2.75) is 19.4 Å². The molecular weight excluding hydrogens is 130 g/mol. The normalized spacial score (nSPS) is 12.7. The fourth-order valence-electron chi connectivity index (χ4n) is 0.475. The number of carbonyl (C=O) groups is 1. The van der Waals surface area contributed by atoms with Gasteiger partial charge >= 0.3 is 0 Å². The fourth-order valence-corrected chi connectivity index (χ4v) is 0.475. The molecular formula is C6H15N3O. The van der Waals surface area contributed by atoms with E-state index >= 15 is 0 Å². The number of carbonyl (C=O) groups excluding carboxylic acids is 1. The van der Waals surface area contributed by atoms with Crippen LogP contribution in [0.5, 0.6) is 0 Å². The van der Waals surface area contributed by atoms with Crippen molar-refractivity contribution in [1.82, 2.24) is 5.32 Å². The third kappa shape index (κ3) is 4.29. The maximum Gasteiger partial charge on any atom is 0.236 e. The molecule has 60 valence electrons. The second kappa shape index (κ2) is 5.20. The van der Waals surface area contributed by atoms with Gasteiger partial charge in [0.2, 0.25) is 5.91 Å². The van der Waals surface area contributed by atoms with Crippen LogP contribution < -0.4 is 16.8 Å². The van der Waals surface area contributed by atoms with Crippen LogP contribution >= 0.6 is 0 Å². The number of amides is 1. The molecule has 10 heavy (non-hydrogen) atoms. The van der Waals surface area contributed by atoms with Gasteiger partial charge in [0.05, 0.1) is 6.04 Å². The summed E-state index contributed by atoms with van der Waals surface area (Å²) in [5.41, 5.74) is 10.5. The van der Waals surface area contributed by atoms with Gasteiger partial charge in [-0.05, 0) is 19.9 Å². The van der Waals surface area contributed by atoms with Gasteiger partial charge in [-0.3, -0.25) is 4.79 Å². The van der Waals surface area contributed by atoms with Gasteiger partial charge in [-0.15, -0.1) is 0 Å². The van der Waals surface area contributed by atoms with Gasteiger partial charge in [-0.2, -0.15) is 0 Å². The lowest BCUT2D eigenvalue weighted by Crippen LogP contribution is -2.39. The summed E-state index contributed by atoms with van der Waals surface area (Å²) < 4.78 is 0. The molecule has 0 aliphatic rings. The van der Waals surface area contributed by atoms with Crippen molar-refractivity contribution >= 4 is 5.91 Å². The molecule has 0 aliphatic heterocycles. The van der Waals surface area contributed by atoms with Crippen LogP contribution in [0.15, 0.2) is 0 Å². The summed E-state index contributed by atoms with van der Waals surface area (Å²) in [4.78, 5) is 10.7. The molecule has 5 N–H and O–H groups in total. The Morgan fingerprint density at radius 1 is 1.70 bits per heavy atom. The first-order valence-corrected chi connectivity index (χ1v) is 3.42. The largest absolute Gasteiger partial charge is 0.355 e. The Hall–Kier alpha value is -0.610. The average molecular weight is 145 g/mol. The van der Waals surface area contributed by atoms with Crippen LogP contribution in [-0.2, 0) is 4.79 Å². The molecule has 0 bridgehead atoms. The minimum absolute atomic E-state index is 0.117. The van der Waals surface area contributed by atoms with Crippen LogP contribution in [0.25, 0.3) is 0 Å². The maximum absolute atomic E-state index is 10.7. The molecule has 1 atom stereocenters. The van der Waals surface area contributed by atoms with Gasteiger partial charge in [0.25, 0.3) is 0 Å². The van der Waals surface area contributed by atoms with Crippen molar-refractivity contribution in [3.05, 3.63) is 0 Å². The van der Waals surface area contributed by atoms with E-state index in [2.05, 4.69) is 5.32 Å². The number of nitrogens with one attached hydrogen (secondary N) is 1. The quantitative estimate of drug-likeness (QED) is 0.434. The third-order valence-corrected chi connectivity index (χ3v) is 1.09. The minimum Gasteiger partial charge on any atom is -0.355 e. The van der Waals surface area contributed by atoms with E-state index in [1.165, 1.54) is 0 Å². The summed E-state index contributed by atoms with van der Waals surface area (Å²) in [6.07, 6.45) is 0.804. The van der Waals surface area contributed by atoms with E-state index in [9.17, 15) is 4.79 Å². The molecule has 4 nitrogen and oxygen atoms in total. The summed E-state index contributed by atoms with van der Waals surface area (Å²) in [5.74, 6) is -0.117. The second-order valence-electron chi connectivity index (χ2n) is 2.22. The van der Waals surface area contributed by atoms with Crippen molar-refractivity contribution < 1.29 is 4.79 Å². The number of rotatable bonds is 4. The van der Waals surface area contributed by atoms with Gasteiger partial charge in [0.15, 0.2) is 0 Å².